The van der Waals surface area contributed by atoms with Gasteiger partial charge in [-0.3, -0.25) is 0 Å². The van der Waals surface area contributed by atoms with Gasteiger partial charge in [-0.1, -0.05) is 52.8 Å². The van der Waals surface area contributed by atoms with E-state index in [1.54, 1.807) is 18.2 Å². The minimum absolute atomic E-state index is 0.288. The van der Waals surface area contributed by atoms with Gasteiger partial charge >= 0.3 is 0 Å². The molecule has 198 valence electrons. The van der Waals surface area contributed by atoms with E-state index in [9.17, 15) is 0 Å². The Hall–Kier alpha value is -5.43. The van der Waals surface area contributed by atoms with Crippen LogP contribution in [0.4, 0.5) is 0 Å². The van der Waals surface area contributed by atoms with E-state index < -0.39 is 0 Å². The zero-order chi connectivity index (χ0) is 27.6. The van der Waals surface area contributed by atoms with Crippen LogP contribution < -0.4 is 19.1 Å². The van der Waals surface area contributed by atoms with E-state index in [4.69, 9.17) is 19.1 Å². The van der Waals surface area contributed by atoms with Gasteiger partial charge in [0.25, 0.3) is 11.8 Å². The SMILES string of the molecule is CC(=NOc1cccc(ON=C(C)c2ccc(Oc3ccccc3)cc2)n1)c1ccc(Oc2ccccc2)cc1. The summed E-state index contributed by atoms with van der Waals surface area (Å²) in [7, 11) is 0. The Bertz CT molecular complexity index is 1470. The van der Waals surface area contributed by atoms with Crippen LogP contribution in [0.5, 0.6) is 34.8 Å². The van der Waals surface area contributed by atoms with Crippen LogP contribution in [0, 0.1) is 0 Å². The molecule has 5 rings (SSSR count). The molecule has 0 amide bonds. The summed E-state index contributed by atoms with van der Waals surface area (Å²) in [4.78, 5) is 15.4. The fourth-order valence-corrected chi connectivity index (χ4v) is 3.61. The fraction of sp³-hybridized carbons (Fsp3) is 0.0606. The molecule has 0 atom stereocenters. The quantitative estimate of drug-likeness (QED) is 0.134. The second-order valence-electron chi connectivity index (χ2n) is 8.73. The van der Waals surface area contributed by atoms with Gasteiger partial charge in [0.1, 0.15) is 23.0 Å². The van der Waals surface area contributed by atoms with Crippen LogP contribution >= 0.6 is 0 Å². The van der Waals surface area contributed by atoms with Crippen LogP contribution in [0.25, 0.3) is 0 Å². The lowest BCUT2D eigenvalue weighted by atomic mass is 10.1. The zero-order valence-electron chi connectivity index (χ0n) is 22.1. The van der Waals surface area contributed by atoms with Crippen molar-refractivity contribution < 1.29 is 19.1 Å². The van der Waals surface area contributed by atoms with Crippen molar-refractivity contribution in [3.8, 4) is 34.8 Å². The van der Waals surface area contributed by atoms with Gasteiger partial charge in [-0.2, -0.15) is 4.98 Å². The summed E-state index contributed by atoms with van der Waals surface area (Å²) in [6.07, 6.45) is 0. The van der Waals surface area contributed by atoms with E-state index in [1.807, 2.05) is 123 Å². The molecule has 0 saturated heterocycles. The summed E-state index contributed by atoms with van der Waals surface area (Å²) in [6, 6.07) is 39.6. The largest absolute Gasteiger partial charge is 0.457 e. The number of nitrogens with zero attached hydrogens (tertiary/aromatic N) is 3. The molecule has 0 N–H and O–H groups in total. The molecule has 1 heterocycles. The first kappa shape index (κ1) is 26.2. The molecule has 7 heteroatoms. The number of oxime groups is 2. The molecule has 4 aromatic carbocycles. The second-order valence-corrected chi connectivity index (χ2v) is 8.73. The lowest BCUT2D eigenvalue weighted by molar-refractivity contribution is 0.299. The summed E-state index contributed by atoms with van der Waals surface area (Å²) < 4.78 is 11.7. The summed E-state index contributed by atoms with van der Waals surface area (Å²) in [5.74, 6) is 3.61. The lowest BCUT2D eigenvalue weighted by Crippen LogP contribution is -2.00. The maximum atomic E-state index is 5.84. The first-order valence-corrected chi connectivity index (χ1v) is 12.7. The van der Waals surface area contributed by atoms with Crippen molar-refractivity contribution in [3.63, 3.8) is 0 Å². The first-order valence-electron chi connectivity index (χ1n) is 12.7. The smallest absolute Gasteiger partial charge is 0.252 e. The number of pyridine rings is 1. The molecule has 0 radical (unpaired) electrons. The number of benzene rings is 4. The molecular formula is C33H27N3O4. The zero-order valence-corrected chi connectivity index (χ0v) is 22.1. The Morgan fingerprint density at radius 1 is 0.450 bits per heavy atom. The van der Waals surface area contributed by atoms with E-state index in [0.29, 0.717) is 11.4 Å². The van der Waals surface area contributed by atoms with Crippen molar-refractivity contribution >= 4 is 11.4 Å². The molecule has 0 fully saturated rings. The molecule has 0 aliphatic heterocycles. The van der Waals surface area contributed by atoms with Crippen LogP contribution in [0.1, 0.15) is 25.0 Å². The average Bonchev–Trinajstić information content (AvgIpc) is 3.01. The van der Waals surface area contributed by atoms with Gasteiger partial charge < -0.3 is 19.1 Å². The van der Waals surface area contributed by atoms with Crippen molar-refractivity contribution in [2.45, 2.75) is 13.8 Å². The predicted molar refractivity (Wildman–Crippen MR) is 156 cm³/mol. The minimum atomic E-state index is 0.288. The molecule has 5 aromatic rings. The Morgan fingerprint density at radius 2 is 0.825 bits per heavy atom. The van der Waals surface area contributed by atoms with Crippen LogP contribution in [0.2, 0.25) is 0 Å². The summed E-state index contributed by atoms with van der Waals surface area (Å²) >= 11 is 0. The number of para-hydroxylation sites is 2. The van der Waals surface area contributed by atoms with Crippen molar-refractivity contribution in [2.24, 2.45) is 10.3 Å². The third-order valence-electron chi connectivity index (χ3n) is 5.75. The number of ether oxygens (including phenoxy) is 2. The van der Waals surface area contributed by atoms with E-state index in [-0.39, 0.29) is 11.8 Å². The van der Waals surface area contributed by atoms with Gasteiger partial charge in [-0.25, -0.2) is 0 Å². The normalized spacial score (nSPS) is 11.6. The standard InChI is InChI=1S/C33H27N3O4/c1-24(26-16-20-30(21-17-26)37-28-10-5-3-6-11-28)35-39-32-14-9-15-33(34-32)40-36-25(2)27-18-22-31(23-19-27)38-29-12-7-4-8-13-29/h3-23H,1-2H3. The van der Waals surface area contributed by atoms with E-state index >= 15 is 0 Å². The molecule has 0 saturated carbocycles. The predicted octanol–water partition coefficient (Wildman–Crippen LogP) is 8.27. The first-order chi connectivity index (χ1) is 19.6. The van der Waals surface area contributed by atoms with E-state index in [1.165, 1.54) is 0 Å². The molecule has 0 bridgehead atoms. The highest BCUT2D eigenvalue weighted by Gasteiger charge is 2.05. The highest BCUT2D eigenvalue weighted by molar-refractivity contribution is 5.99. The van der Waals surface area contributed by atoms with Gasteiger partial charge in [0.2, 0.25) is 0 Å². The second kappa shape index (κ2) is 12.9. The van der Waals surface area contributed by atoms with Gasteiger partial charge in [0, 0.05) is 12.1 Å². The van der Waals surface area contributed by atoms with Gasteiger partial charge in [-0.05, 0) is 97.8 Å². The van der Waals surface area contributed by atoms with E-state index in [0.717, 1.165) is 34.1 Å². The Balaban J connectivity index is 1.16. The summed E-state index contributed by atoms with van der Waals surface area (Å²) in [5, 5.41) is 8.42. The van der Waals surface area contributed by atoms with Crippen LogP contribution in [-0.2, 0) is 0 Å². The molecule has 0 unspecified atom stereocenters. The van der Waals surface area contributed by atoms with Crippen LogP contribution in [-0.4, -0.2) is 16.4 Å². The van der Waals surface area contributed by atoms with E-state index in [2.05, 4.69) is 15.3 Å². The van der Waals surface area contributed by atoms with Gasteiger partial charge in [0.05, 0.1) is 11.4 Å². The molecule has 7 nitrogen and oxygen atoms in total. The molecule has 1 aromatic heterocycles. The highest BCUT2D eigenvalue weighted by Crippen LogP contribution is 2.23. The number of rotatable bonds is 10. The summed E-state index contributed by atoms with van der Waals surface area (Å²) in [6.45, 7) is 3.72. The van der Waals surface area contributed by atoms with Gasteiger partial charge in [0.15, 0.2) is 0 Å². The lowest BCUT2D eigenvalue weighted by Gasteiger charge is -2.07. The molecule has 0 aliphatic rings. The third kappa shape index (κ3) is 7.33. The molecule has 0 aliphatic carbocycles. The van der Waals surface area contributed by atoms with Crippen LogP contribution in [0.15, 0.2) is 138 Å². The Kier molecular flexibility index (Phi) is 8.44. The van der Waals surface area contributed by atoms with Gasteiger partial charge in [-0.15, -0.1) is 0 Å². The fourth-order valence-electron chi connectivity index (χ4n) is 3.61. The summed E-state index contributed by atoms with van der Waals surface area (Å²) in [5.41, 5.74) is 3.17. The molecule has 0 spiro atoms. The number of hydrogen-bond donors (Lipinski definition) is 0. The number of hydrogen-bond acceptors (Lipinski definition) is 7. The average molecular weight is 530 g/mol. The topological polar surface area (TPSA) is 74.5 Å². The monoisotopic (exact) mass is 529 g/mol. The molecular weight excluding hydrogens is 502 g/mol. The Morgan fingerprint density at radius 3 is 1.23 bits per heavy atom. The minimum Gasteiger partial charge on any atom is -0.457 e. The third-order valence-corrected chi connectivity index (χ3v) is 5.75. The maximum Gasteiger partial charge on any atom is 0.252 e. The maximum absolute atomic E-state index is 5.84. The highest BCUT2D eigenvalue weighted by atomic mass is 16.7. The molecule has 40 heavy (non-hydrogen) atoms. The number of aromatic nitrogens is 1. The van der Waals surface area contributed by atoms with Crippen LogP contribution in [0.3, 0.4) is 0 Å². The Labute approximate surface area is 232 Å². The van der Waals surface area contributed by atoms with Crippen molar-refractivity contribution in [2.75, 3.05) is 0 Å². The van der Waals surface area contributed by atoms with Crippen molar-refractivity contribution in [1.82, 2.24) is 4.98 Å². The van der Waals surface area contributed by atoms with Crippen molar-refractivity contribution in [3.05, 3.63) is 139 Å². The van der Waals surface area contributed by atoms with Crippen molar-refractivity contribution in [1.29, 1.82) is 0 Å².